The maximum absolute atomic E-state index is 10.2. The van der Waals surface area contributed by atoms with E-state index in [1.165, 1.54) is 25.7 Å². The van der Waals surface area contributed by atoms with Gasteiger partial charge in [-0.3, -0.25) is 4.79 Å². The van der Waals surface area contributed by atoms with Crippen LogP contribution < -0.4 is 0 Å². The summed E-state index contributed by atoms with van der Waals surface area (Å²) in [6.45, 7) is 3.66. The monoisotopic (exact) mass is 324 g/mol. The van der Waals surface area contributed by atoms with Crippen molar-refractivity contribution in [3.8, 4) is 0 Å². The van der Waals surface area contributed by atoms with Crippen molar-refractivity contribution in [1.29, 1.82) is 0 Å². The molecule has 0 aliphatic carbocycles. The molecule has 0 aromatic carbocycles. The van der Waals surface area contributed by atoms with E-state index in [4.69, 9.17) is 5.11 Å². The number of rotatable bonds is 9. The number of hydrogen-bond acceptors (Lipinski definition) is 1. The fourth-order valence-corrected chi connectivity index (χ4v) is 1.27. The molecule has 0 aliphatic rings. The second kappa shape index (κ2) is 13.8. The molecule has 0 fully saturated rings. The van der Waals surface area contributed by atoms with Crippen LogP contribution in [0.25, 0.3) is 0 Å². The third kappa shape index (κ3) is 15.3. The molecule has 0 bridgehead atoms. The molecule has 80 valence electrons. The zero-order valence-electron chi connectivity index (χ0n) is 8.30. The van der Waals surface area contributed by atoms with Gasteiger partial charge in [0.1, 0.15) is 0 Å². The number of unbranched alkanes of at least 4 members (excludes halogenated alkanes) is 6. The molecule has 0 heterocycles. The van der Waals surface area contributed by atoms with Crippen LogP contribution in [-0.4, -0.2) is 60.0 Å². The van der Waals surface area contributed by atoms with Crippen LogP contribution in [0.1, 0.15) is 51.4 Å². The van der Waals surface area contributed by atoms with Gasteiger partial charge in [-0.15, -0.1) is 6.58 Å². The molecule has 14 heavy (non-hydrogen) atoms. The molecular weight excluding hydrogens is 301 g/mol. The first-order valence-corrected chi connectivity index (χ1v) is 5.10. The summed E-state index contributed by atoms with van der Waals surface area (Å²) in [6, 6.07) is 0. The van der Waals surface area contributed by atoms with Gasteiger partial charge in [0.25, 0.3) is 0 Å². The van der Waals surface area contributed by atoms with Crippen molar-refractivity contribution in [2.75, 3.05) is 0 Å². The van der Waals surface area contributed by atoms with Crippen molar-refractivity contribution in [2.24, 2.45) is 0 Å². The Morgan fingerprint density at radius 2 is 1.57 bits per heavy atom. The average Bonchev–Trinajstić information content (AvgIpc) is 2.09. The molecule has 0 unspecified atom stereocenters. The van der Waals surface area contributed by atoms with E-state index in [-0.39, 0.29) is 48.9 Å². The first kappa shape index (κ1) is 17.2. The Bertz CT molecular complexity index is 146. The van der Waals surface area contributed by atoms with Gasteiger partial charge >= 0.3 is 54.9 Å². The van der Waals surface area contributed by atoms with Gasteiger partial charge in [0.05, 0.1) is 0 Å². The van der Waals surface area contributed by atoms with Crippen molar-refractivity contribution in [3.63, 3.8) is 0 Å². The van der Waals surface area contributed by atoms with Crippen LogP contribution in [-0.2, 0) is 4.79 Å². The summed E-state index contributed by atoms with van der Waals surface area (Å²) in [4.78, 5) is 10.2. The van der Waals surface area contributed by atoms with Crippen LogP contribution >= 0.6 is 0 Å². The fraction of sp³-hybridized carbons (Fsp3) is 0.727. The summed E-state index contributed by atoms with van der Waals surface area (Å²) < 4.78 is 0. The number of carboxylic acid groups (broad SMARTS) is 1. The zero-order valence-corrected chi connectivity index (χ0v) is 8.30. The van der Waals surface area contributed by atoms with Crippen molar-refractivity contribution < 1.29 is 9.90 Å². The van der Waals surface area contributed by atoms with E-state index in [9.17, 15) is 4.79 Å². The Morgan fingerprint density at radius 1 is 1.07 bits per heavy atom. The van der Waals surface area contributed by atoms with Gasteiger partial charge in [0, 0.05) is 6.42 Å². The molecule has 0 saturated carbocycles. The van der Waals surface area contributed by atoms with Crippen molar-refractivity contribution >= 4 is 54.9 Å². The normalized spacial score (nSPS) is 9.14. The Labute approximate surface area is 127 Å². The molecule has 0 radical (unpaired) electrons. The summed E-state index contributed by atoms with van der Waals surface area (Å²) in [5.74, 6) is -0.674. The molecule has 3 heteroatoms. The summed E-state index contributed by atoms with van der Waals surface area (Å²) in [5, 5.41) is 8.38. The van der Waals surface area contributed by atoms with Gasteiger partial charge in [-0.25, -0.2) is 0 Å². The van der Waals surface area contributed by atoms with E-state index < -0.39 is 5.97 Å². The molecule has 0 atom stereocenters. The first-order chi connectivity index (χ1) is 6.27. The van der Waals surface area contributed by atoms with Crippen LogP contribution in [0.5, 0.6) is 0 Å². The van der Waals surface area contributed by atoms with Crippen molar-refractivity contribution in [2.45, 2.75) is 51.4 Å². The van der Waals surface area contributed by atoms with Crippen LogP contribution in [0.2, 0.25) is 0 Å². The predicted molar refractivity (Wildman–Crippen MR) is 63.3 cm³/mol. The molecule has 2 nitrogen and oxygen atoms in total. The Balaban J connectivity index is 0. The topological polar surface area (TPSA) is 37.3 Å². The second-order valence-corrected chi connectivity index (χ2v) is 3.34. The van der Waals surface area contributed by atoms with E-state index in [2.05, 4.69) is 6.58 Å². The molecule has 0 aromatic heterocycles. The molecule has 0 rings (SSSR count). The summed E-state index contributed by atoms with van der Waals surface area (Å²) in [5.41, 5.74) is 0. The Hall–Kier alpha value is 0.781. The number of allylic oxidation sites excluding steroid dienone is 1. The van der Waals surface area contributed by atoms with Gasteiger partial charge in [-0.2, -0.15) is 0 Å². The summed E-state index contributed by atoms with van der Waals surface area (Å²) >= 11 is 0. The molecule has 0 aromatic rings. The maximum atomic E-state index is 10.2. The third-order valence-corrected chi connectivity index (χ3v) is 2.05. The summed E-state index contributed by atoms with van der Waals surface area (Å²) in [7, 11) is 0. The number of carbonyl (C=O) groups is 1. The van der Waals surface area contributed by atoms with E-state index in [0.29, 0.717) is 6.42 Å². The molecular formula is C11H22BaO2. The molecule has 0 amide bonds. The quantitative estimate of drug-likeness (QED) is 0.402. The van der Waals surface area contributed by atoms with Crippen LogP contribution in [0.15, 0.2) is 12.7 Å². The molecule has 0 saturated heterocycles. The zero-order chi connectivity index (χ0) is 9.94. The van der Waals surface area contributed by atoms with E-state index in [1.54, 1.807) is 0 Å². The predicted octanol–water partition coefficient (Wildman–Crippen LogP) is 2.46. The molecule has 0 aliphatic heterocycles. The molecule has 1 N–H and O–H groups in total. The number of carboxylic acids is 1. The van der Waals surface area contributed by atoms with Gasteiger partial charge in [0.2, 0.25) is 0 Å². The van der Waals surface area contributed by atoms with Gasteiger partial charge < -0.3 is 5.11 Å². The van der Waals surface area contributed by atoms with Crippen molar-refractivity contribution in [3.05, 3.63) is 12.7 Å². The van der Waals surface area contributed by atoms with Crippen LogP contribution in [0.3, 0.4) is 0 Å². The average molecular weight is 324 g/mol. The number of aliphatic carboxylic acids is 1. The first-order valence-electron chi connectivity index (χ1n) is 5.10. The molecule has 0 spiro atoms. The standard InChI is InChI=1S/C11H20O2.Ba.2H/c1-2-3-4-5-6-7-8-9-10-11(12)13;;;/h2H,1,3-10H2,(H,12,13);;;. The van der Waals surface area contributed by atoms with E-state index in [0.717, 1.165) is 19.3 Å². The number of hydrogen-bond donors (Lipinski definition) is 1. The fourth-order valence-electron chi connectivity index (χ4n) is 1.27. The van der Waals surface area contributed by atoms with Gasteiger partial charge in [-0.05, 0) is 19.3 Å². The Morgan fingerprint density at radius 3 is 2.07 bits per heavy atom. The van der Waals surface area contributed by atoms with Crippen molar-refractivity contribution in [1.82, 2.24) is 0 Å². The van der Waals surface area contributed by atoms with Crippen LogP contribution in [0, 0.1) is 0 Å². The van der Waals surface area contributed by atoms with E-state index >= 15 is 0 Å². The minimum atomic E-state index is -0.674. The second-order valence-electron chi connectivity index (χ2n) is 3.34. The minimum absolute atomic E-state index is 0. The van der Waals surface area contributed by atoms with Crippen LogP contribution in [0.4, 0.5) is 0 Å². The Kier molecular flexibility index (Phi) is 16.9. The SMILES string of the molecule is C=CCCCCCCCCC(=O)O.[BaH2]. The van der Waals surface area contributed by atoms with Gasteiger partial charge in [-0.1, -0.05) is 31.8 Å². The third-order valence-electron chi connectivity index (χ3n) is 2.05. The van der Waals surface area contributed by atoms with E-state index in [1.807, 2.05) is 6.08 Å². The van der Waals surface area contributed by atoms with Gasteiger partial charge in [0.15, 0.2) is 0 Å². The summed E-state index contributed by atoms with van der Waals surface area (Å²) in [6.07, 6.45) is 10.1.